The maximum Gasteiger partial charge on any atom is 0.324 e. The molecule has 0 saturated carbocycles. The van der Waals surface area contributed by atoms with E-state index in [9.17, 15) is 14.4 Å². The van der Waals surface area contributed by atoms with Crippen LogP contribution in [0.4, 0.5) is 4.79 Å². The van der Waals surface area contributed by atoms with E-state index in [4.69, 9.17) is 24.2 Å². The Morgan fingerprint density at radius 2 is 2.07 bits per heavy atom. The zero-order valence-electron chi connectivity index (χ0n) is 31.6. The number of cyclic esters (lactones) is 1. The molecule has 5 atom stereocenters. The van der Waals surface area contributed by atoms with Crippen LogP contribution in [0.3, 0.4) is 0 Å². The van der Waals surface area contributed by atoms with Gasteiger partial charge in [0.05, 0.1) is 53.5 Å². The second-order valence-electron chi connectivity index (χ2n) is 15.6. The molecule has 0 spiro atoms. The molecule has 13 nitrogen and oxygen atoms in total. The summed E-state index contributed by atoms with van der Waals surface area (Å²) in [6, 6.07) is 8.68. The van der Waals surface area contributed by atoms with Crippen LogP contribution in [-0.2, 0) is 43.2 Å². The highest BCUT2D eigenvalue weighted by molar-refractivity contribution is 7.10. The number of ether oxygens (including phenoxy) is 3. The number of amides is 3. The molecular formula is C40H49N7O6S. The number of rotatable bonds is 5. The summed E-state index contributed by atoms with van der Waals surface area (Å²) < 4.78 is 19.9. The lowest BCUT2D eigenvalue weighted by atomic mass is 9.84. The molecule has 3 amide bonds. The highest BCUT2D eigenvalue weighted by Crippen LogP contribution is 2.42. The fourth-order valence-corrected chi connectivity index (χ4v) is 9.24. The summed E-state index contributed by atoms with van der Waals surface area (Å²) >= 11 is 1.47. The van der Waals surface area contributed by atoms with Crippen molar-refractivity contribution in [3.8, 4) is 22.5 Å². The molecule has 286 valence electrons. The molecule has 3 aromatic heterocycles. The Hall–Kier alpha value is -4.37. The van der Waals surface area contributed by atoms with E-state index in [0.717, 1.165) is 62.6 Å². The number of nitrogens with zero attached hydrogens (tertiary/aromatic N) is 5. The number of thiazole rings is 1. The van der Waals surface area contributed by atoms with Crippen molar-refractivity contribution in [2.45, 2.75) is 96.7 Å². The fraction of sp³-hybridized carbons (Fsp3) is 0.525. The third-order valence-corrected chi connectivity index (χ3v) is 12.2. The van der Waals surface area contributed by atoms with Crippen LogP contribution in [0.15, 0.2) is 41.9 Å². The number of carbonyl (C=O) groups excluding carboxylic acids is 3. The number of likely N-dealkylation sites (tertiary alicyclic amines) is 1. The molecule has 4 aliphatic rings. The molecule has 3 fully saturated rings. The zero-order chi connectivity index (χ0) is 37.7. The minimum atomic E-state index is -0.892. The molecule has 4 aromatic rings. The number of benzene rings is 1. The second kappa shape index (κ2) is 14.7. The third kappa shape index (κ3) is 6.78. The van der Waals surface area contributed by atoms with Gasteiger partial charge in [0.2, 0.25) is 0 Å². The number of aryl methyl sites for hydroxylation is 1. The first-order chi connectivity index (χ1) is 26.0. The number of hydrogen-bond acceptors (Lipinski definition) is 10. The summed E-state index contributed by atoms with van der Waals surface area (Å²) in [6.07, 6.45) is 4.40. The smallest absolute Gasteiger partial charge is 0.324 e. The highest BCUT2D eigenvalue weighted by Gasteiger charge is 2.47. The Morgan fingerprint density at radius 3 is 2.87 bits per heavy atom. The van der Waals surface area contributed by atoms with Gasteiger partial charge in [-0.05, 0) is 69.4 Å². The van der Waals surface area contributed by atoms with Crippen molar-refractivity contribution < 1.29 is 28.6 Å². The normalized spacial score (nSPS) is 24.8. The van der Waals surface area contributed by atoms with Crippen molar-refractivity contribution in [1.82, 2.24) is 35.2 Å². The molecule has 54 heavy (non-hydrogen) atoms. The lowest BCUT2D eigenvalue weighted by Crippen LogP contribution is -2.66. The van der Waals surface area contributed by atoms with E-state index in [2.05, 4.69) is 60.3 Å². The van der Waals surface area contributed by atoms with Gasteiger partial charge in [0.25, 0.3) is 5.91 Å². The van der Waals surface area contributed by atoms with Crippen LogP contribution in [-0.4, -0.2) is 100.0 Å². The molecule has 14 heteroatoms. The summed E-state index contributed by atoms with van der Waals surface area (Å²) in [6.45, 7) is 10.8. The zero-order valence-corrected chi connectivity index (χ0v) is 32.4. The minimum absolute atomic E-state index is 0.0262. The van der Waals surface area contributed by atoms with Crippen molar-refractivity contribution in [3.63, 3.8) is 0 Å². The van der Waals surface area contributed by atoms with E-state index in [1.54, 1.807) is 18.2 Å². The Labute approximate surface area is 319 Å². The van der Waals surface area contributed by atoms with Crippen molar-refractivity contribution in [1.29, 1.82) is 0 Å². The first kappa shape index (κ1) is 36.6. The second-order valence-corrected chi connectivity index (χ2v) is 16.6. The van der Waals surface area contributed by atoms with Gasteiger partial charge in [0.15, 0.2) is 0 Å². The topological polar surface area (TPSA) is 140 Å². The molecule has 3 saturated heterocycles. The number of methoxy groups -OCH3 is 1. The number of carbonyl (C=O) groups is 3. The average molecular weight is 756 g/mol. The number of pyridine rings is 1. The maximum atomic E-state index is 14.2. The molecule has 0 radical (unpaired) electrons. The standard InChI is InChI=1S/C40H49N7O6S/c1-6-45-31-12-11-24-17-26(31)27(36(45)25-9-7-14-41-35(25)23(2)51-5)19-40(3,4)22-53-38(49)28-10-8-15-47(44-28)37(48)29(18-34-42-30(24)21-54-34)43-39(50)46-20-33-32(46)13-16-52-33/h7,9,11-12,14,17,21,23,28-29,32-33,44H,6,8,10,13,15-16,18-20,22H2,1-5H3,(H,43,50)/t23-,28-,29-,32-,33-/m0/s1. The number of hydrazine groups is 1. The van der Waals surface area contributed by atoms with Crippen molar-refractivity contribution in [3.05, 3.63) is 58.2 Å². The summed E-state index contributed by atoms with van der Waals surface area (Å²) in [5, 5.41) is 8.35. The monoisotopic (exact) mass is 755 g/mol. The largest absolute Gasteiger partial charge is 0.464 e. The lowest BCUT2D eigenvalue weighted by molar-refractivity contribution is -0.155. The number of fused-ring (bicyclic) bond motifs is 7. The Balaban J connectivity index is 1.22. The minimum Gasteiger partial charge on any atom is -0.464 e. The predicted molar refractivity (Wildman–Crippen MR) is 205 cm³/mol. The first-order valence-electron chi connectivity index (χ1n) is 19.1. The molecule has 7 heterocycles. The van der Waals surface area contributed by atoms with Gasteiger partial charge in [-0.2, -0.15) is 0 Å². The van der Waals surface area contributed by atoms with Gasteiger partial charge >= 0.3 is 12.0 Å². The number of urea groups is 1. The van der Waals surface area contributed by atoms with Crippen LogP contribution < -0.4 is 10.7 Å². The van der Waals surface area contributed by atoms with Crippen LogP contribution in [0.1, 0.15) is 69.3 Å². The Bertz CT molecular complexity index is 2080. The average Bonchev–Trinajstić information content (AvgIpc) is 3.87. The van der Waals surface area contributed by atoms with E-state index >= 15 is 0 Å². The molecule has 2 N–H and O–H groups in total. The molecule has 0 aliphatic carbocycles. The van der Waals surface area contributed by atoms with Crippen LogP contribution in [0.2, 0.25) is 0 Å². The highest BCUT2D eigenvalue weighted by atomic mass is 32.1. The Kier molecular flexibility index (Phi) is 9.96. The van der Waals surface area contributed by atoms with Gasteiger partial charge < -0.3 is 29.0 Å². The molecular weight excluding hydrogens is 707 g/mol. The van der Waals surface area contributed by atoms with Crippen molar-refractivity contribution >= 4 is 40.1 Å². The van der Waals surface area contributed by atoms with Crippen LogP contribution in [0.5, 0.6) is 0 Å². The summed E-state index contributed by atoms with van der Waals surface area (Å²) in [5.41, 5.74) is 9.62. The van der Waals surface area contributed by atoms with E-state index in [1.807, 2.05) is 18.4 Å². The van der Waals surface area contributed by atoms with Crippen molar-refractivity contribution in [2.24, 2.45) is 5.41 Å². The summed E-state index contributed by atoms with van der Waals surface area (Å²) in [4.78, 5) is 53.0. The lowest BCUT2D eigenvalue weighted by Gasteiger charge is -2.43. The SMILES string of the molecule is CCn1c(-c2cccnc2[C@H](C)OC)c2c3cc(ccc31)-c1csc(n1)C[C@H](NC(=O)N1C[C@@H]3OCC[C@@H]31)C(=O)N1CCC[C@H](N1)C(=O)OCC(C)(C)C2. The third-order valence-electron chi connectivity index (χ3n) is 11.3. The van der Waals surface area contributed by atoms with Gasteiger partial charge in [-0.15, -0.1) is 11.3 Å². The first-order valence-corrected chi connectivity index (χ1v) is 19.9. The molecule has 0 unspecified atom stereocenters. The molecule has 8 rings (SSSR count). The summed E-state index contributed by atoms with van der Waals surface area (Å²) in [5.74, 6) is -0.711. The van der Waals surface area contributed by atoms with E-state index in [-0.39, 0.29) is 43.2 Å². The van der Waals surface area contributed by atoms with Crippen LogP contribution in [0.25, 0.3) is 33.4 Å². The number of aromatic nitrogens is 3. The predicted octanol–water partition coefficient (Wildman–Crippen LogP) is 5.27. The number of nitrogens with one attached hydrogen (secondary N) is 2. The van der Waals surface area contributed by atoms with Crippen molar-refractivity contribution in [2.75, 3.05) is 33.4 Å². The summed E-state index contributed by atoms with van der Waals surface area (Å²) in [7, 11) is 1.70. The Morgan fingerprint density at radius 1 is 1.22 bits per heavy atom. The van der Waals surface area contributed by atoms with Crippen LogP contribution in [0, 0.1) is 5.41 Å². The van der Waals surface area contributed by atoms with Gasteiger partial charge in [0.1, 0.15) is 12.1 Å². The number of esters is 1. The molecule has 6 bridgehead atoms. The van der Waals surface area contributed by atoms with Gasteiger partial charge in [0, 0.05) is 72.2 Å². The van der Waals surface area contributed by atoms with Gasteiger partial charge in [-0.25, -0.2) is 15.2 Å². The van der Waals surface area contributed by atoms with Crippen LogP contribution >= 0.6 is 11.3 Å². The van der Waals surface area contributed by atoms with E-state index in [0.29, 0.717) is 39.0 Å². The van der Waals surface area contributed by atoms with E-state index in [1.165, 1.54) is 16.3 Å². The maximum absolute atomic E-state index is 14.2. The molecule has 1 aromatic carbocycles. The van der Waals surface area contributed by atoms with E-state index < -0.39 is 23.5 Å². The van der Waals surface area contributed by atoms with Gasteiger partial charge in [-0.3, -0.25) is 19.6 Å². The number of hydrogen-bond donors (Lipinski definition) is 2. The molecule has 4 aliphatic heterocycles. The quantitative estimate of drug-likeness (QED) is 0.261. The van der Waals surface area contributed by atoms with Gasteiger partial charge in [-0.1, -0.05) is 19.9 Å². The fourth-order valence-electron chi connectivity index (χ4n) is 8.39.